The van der Waals surface area contributed by atoms with Gasteiger partial charge in [-0.2, -0.15) is 0 Å². The first-order valence-corrected chi connectivity index (χ1v) is 11.0. The molecule has 31 heavy (non-hydrogen) atoms. The zero-order chi connectivity index (χ0) is 22.4. The number of ether oxygens (including phenoxy) is 1. The highest BCUT2D eigenvalue weighted by molar-refractivity contribution is 6.06. The quantitative estimate of drug-likeness (QED) is 0.684. The van der Waals surface area contributed by atoms with Crippen LogP contribution in [0.15, 0.2) is 42.5 Å². The Kier molecular flexibility index (Phi) is 7.55. The van der Waals surface area contributed by atoms with Crippen molar-refractivity contribution in [2.24, 2.45) is 11.8 Å². The van der Waals surface area contributed by atoms with E-state index >= 15 is 0 Å². The number of piperidine rings is 1. The lowest BCUT2D eigenvalue weighted by molar-refractivity contribution is 0.0948. The summed E-state index contributed by atoms with van der Waals surface area (Å²) in [4.78, 5) is 27.9. The van der Waals surface area contributed by atoms with E-state index in [1.165, 1.54) is 0 Å². The van der Waals surface area contributed by atoms with E-state index in [-0.39, 0.29) is 11.8 Å². The van der Waals surface area contributed by atoms with E-state index in [0.29, 0.717) is 40.9 Å². The van der Waals surface area contributed by atoms with Gasteiger partial charge in [0.25, 0.3) is 11.8 Å². The summed E-state index contributed by atoms with van der Waals surface area (Å²) in [6.45, 7) is 8.88. The molecule has 1 saturated heterocycles. The maximum atomic E-state index is 13.0. The minimum atomic E-state index is -0.226. The lowest BCUT2D eigenvalue weighted by Gasteiger charge is -2.33. The van der Waals surface area contributed by atoms with Crippen LogP contribution in [-0.2, 0) is 0 Å². The number of nitrogens with one attached hydrogen (secondary N) is 2. The highest BCUT2D eigenvalue weighted by Crippen LogP contribution is 2.29. The molecule has 0 aliphatic carbocycles. The van der Waals surface area contributed by atoms with Crippen LogP contribution >= 0.6 is 0 Å². The van der Waals surface area contributed by atoms with Crippen molar-refractivity contribution >= 4 is 23.2 Å². The van der Waals surface area contributed by atoms with E-state index in [0.717, 1.165) is 31.6 Å². The summed E-state index contributed by atoms with van der Waals surface area (Å²) in [5.41, 5.74) is 2.66. The number of rotatable bonds is 7. The van der Waals surface area contributed by atoms with Crippen LogP contribution < -0.4 is 20.3 Å². The largest absolute Gasteiger partial charge is 0.497 e. The standard InChI is InChI=1S/C25H33N3O3/c1-17(2)16-26-25(30)22-15-20(7-10-23(22)28-13-11-18(3)12-14-28)27-24(29)19-5-8-21(31-4)9-6-19/h5-10,15,17-18H,11-14,16H2,1-4H3,(H,26,30)(H,27,29). The van der Waals surface area contributed by atoms with Crippen LogP contribution in [-0.4, -0.2) is 38.6 Å². The molecule has 2 amide bonds. The van der Waals surface area contributed by atoms with Crippen LogP contribution in [0.4, 0.5) is 11.4 Å². The van der Waals surface area contributed by atoms with Crippen LogP contribution in [0, 0.1) is 11.8 Å². The molecule has 0 bridgehead atoms. The van der Waals surface area contributed by atoms with Crippen molar-refractivity contribution < 1.29 is 14.3 Å². The molecule has 0 atom stereocenters. The molecule has 0 aromatic heterocycles. The Balaban J connectivity index is 1.82. The Morgan fingerprint density at radius 1 is 1.06 bits per heavy atom. The van der Waals surface area contributed by atoms with Crippen molar-refractivity contribution in [2.45, 2.75) is 33.6 Å². The maximum Gasteiger partial charge on any atom is 0.255 e. The third-order valence-corrected chi connectivity index (χ3v) is 5.65. The minimum absolute atomic E-state index is 0.108. The van der Waals surface area contributed by atoms with Gasteiger partial charge in [-0.15, -0.1) is 0 Å². The van der Waals surface area contributed by atoms with Gasteiger partial charge in [0.15, 0.2) is 0 Å². The second-order valence-electron chi connectivity index (χ2n) is 8.69. The number of carbonyl (C=O) groups is 2. The summed E-state index contributed by atoms with van der Waals surface area (Å²) >= 11 is 0. The van der Waals surface area contributed by atoms with E-state index in [4.69, 9.17) is 4.74 Å². The third-order valence-electron chi connectivity index (χ3n) is 5.65. The van der Waals surface area contributed by atoms with E-state index in [1.54, 1.807) is 37.4 Å². The molecule has 2 N–H and O–H groups in total. The molecule has 2 aromatic rings. The number of methoxy groups -OCH3 is 1. The fourth-order valence-corrected chi connectivity index (χ4v) is 3.66. The summed E-state index contributed by atoms with van der Waals surface area (Å²) in [6.07, 6.45) is 2.23. The second-order valence-corrected chi connectivity index (χ2v) is 8.69. The van der Waals surface area contributed by atoms with Gasteiger partial charge in [-0.25, -0.2) is 0 Å². The summed E-state index contributed by atoms with van der Waals surface area (Å²) in [7, 11) is 1.59. The summed E-state index contributed by atoms with van der Waals surface area (Å²) in [6, 6.07) is 12.5. The van der Waals surface area contributed by atoms with Crippen molar-refractivity contribution in [1.29, 1.82) is 0 Å². The number of amides is 2. The van der Waals surface area contributed by atoms with Crippen molar-refractivity contribution in [3.63, 3.8) is 0 Å². The van der Waals surface area contributed by atoms with Crippen molar-refractivity contribution in [3.05, 3.63) is 53.6 Å². The van der Waals surface area contributed by atoms with Gasteiger partial charge in [0, 0.05) is 36.6 Å². The number of anilines is 2. The molecular weight excluding hydrogens is 390 g/mol. The molecule has 0 radical (unpaired) electrons. The van der Waals surface area contributed by atoms with Gasteiger partial charge in [0.2, 0.25) is 0 Å². The van der Waals surface area contributed by atoms with Crippen LogP contribution in [0.5, 0.6) is 5.75 Å². The highest BCUT2D eigenvalue weighted by atomic mass is 16.5. The predicted molar refractivity (Wildman–Crippen MR) is 125 cm³/mol. The normalized spacial score (nSPS) is 14.4. The molecule has 0 saturated carbocycles. The SMILES string of the molecule is COc1ccc(C(=O)Nc2ccc(N3CCC(C)CC3)c(C(=O)NCC(C)C)c2)cc1. The number of nitrogens with zero attached hydrogens (tertiary/aromatic N) is 1. The molecule has 2 aromatic carbocycles. The molecule has 0 spiro atoms. The fraction of sp³-hybridized carbons (Fsp3) is 0.440. The van der Waals surface area contributed by atoms with Crippen LogP contribution in [0.1, 0.15) is 54.3 Å². The molecule has 166 valence electrons. The van der Waals surface area contributed by atoms with E-state index in [1.807, 2.05) is 12.1 Å². The molecule has 1 fully saturated rings. The number of benzene rings is 2. The first kappa shape index (κ1) is 22.7. The van der Waals surface area contributed by atoms with Gasteiger partial charge in [-0.3, -0.25) is 9.59 Å². The molecule has 3 rings (SSSR count). The van der Waals surface area contributed by atoms with E-state index in [2.05, 4.69) is 36.3 Å². The van der Waals surface area contributed by atoms with Gasteiger partial charge in [-0.1, -0.05) is 20.8 Å². The molecule has 6 nitrogen and oxygen atoms in total. The Labute approximate surface area is 185 Å². The number of carbonyl (C=O) groups excluding carboxylic acids is 2. The topological polar surface area (TPSA) is 70.7 Å². The summed E-state index contributed by atoms with van der Waals surface area (Å²) in [5, 5.41) is 5.93. The van der Waals surface area contributed by atoms with Crippen molar-refractivity contribution in [1.82, 2.24) is 5.32 Å². The predicted octanol–water partition coefficient (Wildman–Crippen LogP) is 4.57. The fourth-order valence-electron chi connectivity index (χ4n) is 3.66. The zero-order valence-electron chi connectivity index (χ0n) is 18.9. The first-order valence-electron chi connectivity index (χ1n) is 11.0. The maximum absolute atomic E-state index is 13.0. The van der Waals surface area contributed by atoms with E-state index in [9.17, 15) is 9.59 Å². The highest BCUT2D eigenvalue weighted by Gasteiger charge is 2.22. The van der Waals surface area contributed by atoms with Crippen molar-refractivity contribution in [2.75, 3.05) is 37.0 Å². The molecule has 1 aliphatic heterocycles. The molecular formula is C25H33N3O3. The van der Waals surface area contributed by atoms with Crippen LogP contribution in [0.2, 0.25) is 0 Å². The van der Waals surface area contributed by atoms with Crippen LogP contribution in [0.3, 0.4) is 0 Å². The summed E-state index contributed by atoms with van der Waals surface area (Å²) in [5.74, 6) is 1.43. The minimum Gasteiger partial charge on any atom is -0.497 e. The number of hydrogen-bond donors (Lipinski definition) is 2. The lowest BCUT2D eigenvalue weighted by Crippen LogP contribution is -2.35. The zero-order valence-corrected chi connectivity index (χ0v) is 18.9. The Bertz CT molecular complexity index is 901. The van der Waals surface area contributed by atoms with Gasteiger partial charge in [-0.05, 0) is 67.1 Å². The Hall–Kier alpha value is -3.02. The molecule has 1 heterocycles. The molecule has 0 unspecified atom stereocenters. The smallest absolute Gasteiger partial charge is 0.255 e. The Morgan fingerprint density at radius 3 is 2.35 bits per heavy atom. The number of hydrogen-bond acceptors (Lipinski definition) is 4. The van der Waals surface area contributed by atoms with Gasteiger partial charge >= 0.3 is 0 Å². The van der Waals surface area contributed by atoms with Gasteiger partial charge < -0.3 is 20.3 Å². The van der Waals surface area contributed by atoms with Gasteiger partial charge in [0.05, 0.1) is 12.7 Å². The third kappa shape index (κ3) is 6.00. The van der Waals surface area contributed by atoms with Gasteiger partial charge in [0.1, 0.15) is 5.75 Å². The molecule has 6 heteroatoms. The lowest BCUT2D eigenvalue weighted by atomic mass is 9.97. The average Bonchev–Trinajstić information content (AvgIpc) is 2.78. The Morgan fingerprint density at radius 2 is 1.74 bits per heavy atom. The van der Waals surface area contributed by atoms with Crippen LogP contribution in [0.25, 0.3) is 0 Å². The summed E-state index contributed by atoms with van der Waals surface area (Å²) < 4.78 is 5.15. The van der Waals surface area contributed by atoms with Crippen molar-refractivity contribution in [3.8, 4) is 5.75 Å². The average molecular weight is 424 g/mol. The second kappa shape index (κ2) is 10.3. The van der Waals surface area contributed by atoms with E-state index < -0.39 is 0 Å². The first-order chi connectivity index (χ1) is 14.9. The monoisotopic (exact) mass is 423 g/mol. The molecule has 1 aliphatic rings.